The maximum Gasteiger partial charge on any atom is 0.142 e. The number of hydrogen-bond donors (Lipinski definition) is 1. The molecule has 2 N–H and O–H groups in total. The summed E-state index contributed by atoms with van der Waals surface area (Å²) in [5.41, 5.74) is 10.0. The first-order valence-corrected chi connectivity index (χ1v) is 7.28. The highest BCUT2D eigenvalue weighted by atomic mass is 15.1. The van der Waals surface area contributed by atoms with Gasteiger partial charge in [0.1, 0.15) is 5.82 Å². The quantitative estimate of drug-likeness (QED) is 0.798. The fraction of sp³-hybridized carbons (Fsp3) is 0.294. The van der Waals surface area contributed by atoms with Gasteiger partial charge in [0.05, 0.1) is 11.0 Å². The highest BCUT2D eigenvalue weighted by molar-refractivity contribution is 5.81. The first-order valence-electron chi connectivity index (χ1n) is 7.28. The van der Waals surface area contributed by atoms with E-state index >= 15 is 0 Å². The summed E-state index contributed by atoms with van der Waals surface area (Å²) in [4.78, 5) is 9.02. The fourth-order valence-corrected chi connectivity index (χ4v) is 2.57. The molecule has 4 nitrogen and oxygen atoms in total. The van der Waals surface area contributed by atoms with E-state index in [-0.39, 0.29) is 0 Å². The zero-order valence-corrected chi connectivity index (χ0v) is 12.5. The molecule has 0 aliphatic rings. The van der Waals surface area contributed by atoms with Gasteiger partial charge >= 0.3 is 0 Å². The van der Waals surface area contributed by atoms with Crippen LogP contribution in [-0.2, 0) is 13.1 Å². The van der Waals surface area contributed by atoms with Crippen molar-refractivity contribution in [3.05, 3.63) is 48.3 Å². The van der Waals surface area contributed by atoms with E-state index in [1.165, 1.54) is 0 Å². The Bertz CT molecular complexity index is 744. The van der Waals surface area contributed by atoms with Gasteiger partial charge in [0.2, 0.25) is 0 Å². The second-order valence-corrected chi connectivity index (χ2v) is 5.71. The SMILES string of the molecule is CC(C)Cn1c(-c2cccnc2)nc2cc(CN)ccc21. The molecule has 0 unspecified atom stereocenters. The molecule has 1 aromatic carbocycles. The largest absolute Gasteiger partial charge is 0.326 e. The molecule has 4 heteroatoms. The van der Waals surface area contributed by atoms with Crippen LogP contribution in [0.15, 0.2) is 42.7 Å². The van der Waals surface area contributed by atoms with Crippen molar-refractivity contribution in [2.24, 2.45) is 11.7 Å². The van der Waals surface area contributed by atoms with Crippen molar-refractivity contribution in [2.75, 3.05) is 0 Å². The summed E-state index contributed by atoms with van der Waals surface area (Å²) in [7, 11) is 0. The normalized spacial score (nSPS) is 11.4. The number of imidazole rings is 1. The predicted octanol–water partition coefficient (Wildman–Crippen LogP) is 3.21. The number of aromatic nitrogens is 3. The van der Waals surface area contributed by atoms with Gasteiger partial charge in [-0.25, -0.2) is 4.98 Å². The zero-order valence-electron chi connectivity index (χ0n) is 12.5. The van der Waals surface area contributed by atoms with Crippen LogP contribution in [-0.4, -0.2) is 14.5 Å². The predicted molar refractivity (Wildman–Crippen MR) is 85.7 cm³/mol. The Hall–Kier alpha value is -2.20. The van der Waals surface area contributed by atoms with E-state index in [0.717, 1.165) is 34.5 Å². The van der Waals surface area contributed by atoms with E-state index in [1.54, 1.807) is 6.20 Å². The molecule has 0 aliphatic heterocycles. The van der Waals surface area contributed by atoms with Crippen LogP contribution in [0, 0.1) is 5.92 Å². The lowest BCUT2D eigenvalue weighted by atomic mass is 10.2. The topological polar surface area (TPSA) is 56.7 Å². The van der Waals surface area contributed by atoms with Crippen LogP contribution >= 0.6 is 0 Å². The van der Waals surface area contributed by atoms with Crippen molar-refractivity contribution < 1.29 is 0 Å². The Labute approximate surface area is 124 Å². The first-order chi connectivity index (χ1) is 10.2. The molecule has 0 aliphatic carbocycles. The van der Waals surface area contributed by atoms with E-state index in [0.29, 0.717) is 12.5 Å². The van der Waals surface area contributed by atoms with Crippen molar-refractivity contribution in [1.29, 1.82) is 0 Å². The summed E-state index contributed by atoms with van der Waals surface area (Å²) >= 11 is 0. The van der Waals surface area contributed by atoms with Crippen LogP contribution in [0.25, 0.3) is 22.4 Å². The summed E-state index contributed by atoms with van der Waals surface area (Å²) in [5, 5.41) is 0. The Kier molecular flexibility index (Phi) is 3.71. The van der Waals surface area contributed by atoms with E-state index < -0.39 is 0 Å². The Morgan fingerprint density at radius 2 is 2.10 bits per heavy atom. The minimum absolute atomic E-state index is 0.537. The van der Waals surface area contributed by atoms with Gasteiger partial charge in [0, 0.05) is 31.0 Å². The molecule has 0 fully saturated rings. The summed E-state index contributed by atoms with van der Waals surface area (Å²) in [6.45, 7) is 5.90. The Balaban J connectivity index is 2.22. The molecule has 2 aromatic heterocycles. The zero-order chi connectivity index (χ0) is 14.8. The Morgan fingerprint density at radius 3 is 2.76 bits per heavy atom. The third-order valence-corrected chi connectivity index (χ3v) is 3.52. The van der Waals surface area contributed by atoms with Gasteiger partial charge < -0.3 is 10.3 Å². The number of hydrogen-bond acceptors (Lipinski definition) is 3. The number of nitrogens with two attached hydrogens (primary N) is 1. The highest BCUT2D eigenvalue weighted by Crippen LogP contribution is 2.26. The van der Waals surface area contributed by atoms with E-state index in [4.69, 9.17) is 10.7 Å². The molecular weight excluding hydrogens is 260 g/mol. The summed E-state index contributed by atoms with van der Waals surface area (Å²) in [6.07, 6.45) is 3.65. The van der Waals surface area contributed by atoms with Gasteiger partial charge in [-0.05, 0) is 35.7 Å². The van der Waals surface area contributed by atoms with Gasteiger partial charge in [0.25, 0.3) is 0 Å². The number of fused-ring (bicyclic) bond motifs is 1. The minimum Gasteiger partial charge on any atom is -0.326 e. The molecule has 0 radical (unpaired) electrons. The molecule has 108 valence electrons. The van der Waals surface area contributed by atoms with Crippen molar-refractivity contribution in [3.63, 3.8) is 0 Å². The maximum atomic E-state index is 5.73. The molecule has 3 rings (SSSR count). The molecule has 2 heterocycles. The second-order valence-electron chi connectivity index (χ2n) is 5.71. The molecule has 3 aromatic rings. The summed E-state index contributed by atoms with van der Waals surface area (Å²) in [6, 6.07) is 10.3. The molecular formula is C17H20N4. The molecule has 0 spiro atoms. The van der Waals surface area contributed by atoms with Gasteiger partial charge in [0.15, 0.2) is 0 Å². The van der Waals surface area contributed by atoms with E-state index in [9.17, 15) is 0 Å². The fourth-order valence-electron chi connectivity index (χ4n) is 2.57. The van der Waals surface area contributed by atoms with Crippen LogP contribution in [0.4, 0.5) is 0 Å². The highest BCUT2D eigenvalue weighted by Gasteiger charge is 2.14. The van der Waals surface area contributed by atoms with Crippen LogP contribution in [0.1, 0.15) is 19.4 Å². The van der Waals surface area contributed by atoms with Gasteiger partial charge in [-0.1, -0.05) is 19.9 Å². The number of nitrogens with zero attached hydrogens (tertiary/aromatic N) is 3. The standard InChI is InChI=1S/C17H20N4/c1-12(2)11-21-16-6-5-13(9-18)8-15(16)20-17(21)14-4-3-7-19-10-14/h3-8,10,12H,9,11,18H2,1-2H3. The third kappa shape index (κ3) is 2.67. The summed E-state index contributed by atoms with van der Waals surface area (Å²) in [5.74, 6) is 1.52. The van der Waals surface area contributed by atoms with Crippen LogP contribution < -0.4 is 5.73 Å². The maximum absolute atomic E-state index is 5.73. The lowest BCUT2D eigenvalue weighted by molar-refractivity contribution is 0.536. The summed E-state index contributed by atoms with van der Waals surface area (Å²) < 4.78 is 2.28. The average Bonchev–Trinajstić information content (AvgIpc) is 2.85. The molecule has 0 atom stereocenters. The lowest BCUT2D eigenvalue weighted by Gasteiger charge is -2.11. The second kappa shape index (κ2) is 5.66. The minimum atomic E-state index is 0.537. The molecule has 21 heavy (non-hydrogen) atoms. The van der Waals surface area contributed by atoms with Crippen molar-refractivity contribution in [1.82, 2.24) is 14.5 Å². The number of pyridine rings is 1. The van der Waals surface area contributed by atoms with Crippen molar-refractivity contribution in [2.45, 2.75) is 26.9 Å². The first kappa shape index (κ1) is 13.8. The smallest absolute Gasteiger partial charge is 0.142 e. The number of benzene rings is 1. The average molecular weight is 280 g/mol. The lowest BCUT2D eigenvalue weighted by Crippen LogP contribution is -2.06. The van der Waals surface area contributed by atoms with E-state index in [2.05, 4.69) is 47.7 Å². The van der Waals surface area contributed by atoms with Crippen LogP contribution in [0.5, 0.6) is 0 Å². The van der Waals surface area contributed by atoms with Crippen LogP contribution in [0.3, 0.4) is 0 Å². The van der Waals surface area contributed by atoms with Gasteiger partial charge in [-0.2, -0.15) is 0 Å². The van der Waals surface area contributed by atoms with Crippen molar-refractivity contribution >= 4 is 11.0 Å². The molecule has 0 saturated carbocycles. The van der Waals surface area contributed by atoms with Crippen LogP contribution in [0.2, 0.25) is 0 Å². The molecule has 0 saturated heterocycles. The Morgan fingerprint density at radius 1 is 1.24 bits per heavy atom. The van der Waals surface area contributed by atoms with Gasteiger partial charge in [-0.3, -0.25) is 4.98 Å². The van der Waals surface area contributed by atoms with Crippen molar-refractivity contribution in [3.8, 4) is 11.4 Å². The van der Waals surface area contributed by atoms with E-state index in [1.807, 2.05) is 12.3 Å². The molecule has 0 amide bonds. The number of rotatable bonds is 4. The third-order valence-electron chi connectivity index (χ3n) is 3.52. The van der Waals surface area contributed by atoms with Gasteiger partial charge in [-0.15, -0.1) is 0 Å². The monoisotopic (exact) mass is 280 g/mol. The molecule has 0 bridgehead atoms.